The van der Waals surface area contributed by atoms with E-state index in [0.717, 1.165) is 29.7 Å². The Morgan fingerprint density at radius 2 is 1.77 bits per heavy atom. The van der Waals surface area contributed by atoms with Crippen LogP contribution in [0.5, 0.6) is 0 Å². The van der Waals surface area contributed by atoms with Crippen LogP contribution in [0.2, 0.25) is 0 Å². The molecule has 1 unspecified atom stereocenters. The topological polar surface area (TPSA) is 20.3 Å². The van der Waals surface area contributed by atoms with Crippen molar-refractivity contribution in [3.63, 3.8) is 0 Å². The molecular weight excluding hydrogens is 349 g/mol. The maximum atomic E-state index is 13.1. The van der Waals surface area contributed by atoms with Gasteiger partial charge in [0.1, 0.15) is 0 Å². The Labute approximate surface area is 159 Å². The minimum atomic E-state index is 0. The van der Waals surface area contributed by atoms with Crippen molar-refractivity contribution >= 4 is 11.6 Å². The Hall–Kier alpha value is -0.246. The number of likely N-dealkylation sites (tertiary alicyclic amines) is 1. The van der Waals surface area contributed by atoms with Crippen molar-refractivity contribution in [2.24, 2.45) is 0 Å². The first kappa shape index (κ1) is 18.1. The fraction of sp³-hybridized carbons (Fsp3) is 0.611. The summed E-state index contributed by atoms with van der Waals surface area (Å²) in [6, 6.07) is 6.50. The number of hydrogen-bond acceptors (Lipinski definition) is 1. The number of hydrogen-bond donors (Lipinski definition) is 0. The maximum absolute atomic E-state index is 13.1. The van der Waals surface area contributed by atoms with Gasteiger partial charge >= 0.3 is 0 Å². The molecule has 2 aliphatic heterocycles. The average molecular weight is 376 g/mol. The van der Waals surface area contributed by atoms with Crippen LogP contribution in [0, 0.1) is 13.8 Å². The molecule has 0 saturated carbocycles. The number of aryl methyl sites for hydroxylation is 2. The molecule has 2 fully saturated rings. The third-order valence-corrected chi connectivity index (χ3v) is 5.63. The van der Waals surface area contributed by atoms with Crippen LogP contribution in [-0.2, 0) is 37.5 Å². The number of carbonyl (C=O) groups is 1. The SMILES string of the molecule is CC[N+]1(C2CCN(c3c(C)cccc3C)C2=O)CCCC1.[Y]. The van der Waals surface area contributed by atoms with Crippen LogP contribution in [0.3, 0.4) is 0 Å². The second-order valence-corrected chi connectivity index (χ2v) is 6.72. The Morgan fingerprint density at radius 1 is 1.18 bits per heavy atom. The van der Waals surface area contributed by atoms with Gasteiger partial charge in [-0.2, -0.15) is 0 Å². The molecule has 1 atom stereocenters. The maximum Gasteiger partial charge on any atom is 0.285 e. The first-order valence-electron chi connectivity index (χ1n) is 8.32. The minimum Gasteiger partial charge on any atom is -0.314 e. The van der Waals surface area contributed by atoms with Gasteiger partial charge in [0.25, 0.3) is 5.91 Å². The van der Waals surface area contributed by atoms with Crippen LogP contribution >= 0.6 is 0 Å². The summed E-state index contributed by atoms with van der Waals surface area (Å²) in [6.07, 6.45) is 3.57. The van der Waals surface area contributed by atoms with Crippen LogP contribution in [0.4, 0.5) is 5.69 Å². The number of benzene rings is 1. The molecule has 2 heterocycles. The second-order valence-electron chi connectivity index (χ2n) is 6.72. The molecule has 1 amide bonds. The zero-order valence-corrected chi connectivity index (χ0v) is 17.0. The molecule has 0 aliphatic carbocycles. The van der Waals surface area contributed by atoms with Gasteiger partial charge in [-0.1, -0.05) is 18.2 Å². The number of rotatable bonds is 3. The van der Waals surface area contributed by atoms with Gasteiger partial charge in [-0.25, -0.2) is 0 Å². The van der Waals surface area contributed by atoms with E-state index in [4.69, 9.17) is 0 Å². The second kappa shape index (κ2) is 7.11. The van der Waals surface area contributed by atoms with Crippen LogP contribution in [0.25, 0.3) is 0 Å². The molecule has 0 spiro atoms. The first-order chi connectivity index (χ1) is 10.1. The van der Waals surface area contributed by atoms with Crippen LogP contribution in [0.15, 0.2) is 18.2 Å². The van der Waals surface area contributed by atoms with Gasteiger partial charge in [0.2, 0.25) is 0 Å². The molecule has 2 saturated heterocycles. The van der Waals surface area contributed by atoms with E-state index in [1.54, 1.807) is 0 Å². The zero-order valence-electron chi connectivity index (χ0n) is 14.1. The molecule has 22 heavy (non-hydrogen) atoms. The number of nitrogens with zero attached hydrogens (tertiary/aromatic N) is 2. The molecule has 1 radical (unpaired) electrons. The van der Waals surface area contributed by atoms with Crippen molar-refractivity contribution in [2.75, 3.05) is 31.1 Å². The fourth-order valence-corrected chi connectivity index (χ4v) is 4.44. The fourth-order valence-electron chi connectivity index (χ4n) is 4.44. The van der Waals surface area contributed by atoms with E-state index < -0.39 is 0 Å². The summed E-state index contributed by atoms with van der Waals surface area (Å²) in [5.74, 6) is 0.358. The van der Waals surface area contributed by atoms with E-state index in [1.807, 2.05) is 0 Å². The predicted molar refractivity (Wildman–Crippen MR) is 86.4 cm³/mol. The van der Waals surface area contributed by atoms with Crippen molar-refractivity contribution < 1.29 is 42.0 Å². The quantitative estimate of drug-likeness (QED) is 0.743. The van der Waals surface area contributed by atoms with E-state index in [0.29, 0.717) is 5.91 Å². The first-order valence-corrected chi connectivity index (χ1v) is 8.32. The summed E-state index contributed by atoms with van der Waals surface area (Å²) in [6.45, 7) is 10.8. The van der Waals surface area contributed by atoms with E-state index in [2.05, 4.69) is 43.9 Å². The monoisotopic (exact) mass is 376 g/mol. The van der Waals surface area contributed by atoms with Gasteiger partial charge in [-0.15, -0.1) is 0 Å². The largest absolute Gasteiger partial charge is 0.314 e. The predicted octanol–water partition coefficient (Wildman–Crippen LogP) is 3.04. The summed E-state index contributed by atoms with van der Waals surface area (Å²) in [5.41, 5.74) is 3.58. The Bertz CT molecular complexity index is 532. The van der Waals surface area contributed by atoms with E-state index in [9.17, 15) is 4.79 Å². The summed E-state index contributed by atoms with van der Waals surface area (Å²) >= 11 is 0. The molecular formula is C18H27N2OY+. The molecule has 2 aliphatic rings. The normalized spacial score (nSPS) is 23.7. The summed E-state index contributed by atoms with van der Waals surface area (Å²) < 4.78 is 1.03. The Kier molecular flexibility index (Phi) is 5.85. The van der Waals surface area contributed by atoms with Crippen molar-refractivity contribution in [1.29, 1.82) is 0 Å². The van der Waals surface area contributed by atoms with Gasteiger partial charge in [0.15, 0.2) is 6.04 Å². The number of likely N-dealkylation sites (N-methyl/N-ethyl adjacent to an activating group) is 1. The molecule has 0 bridgehead atoms. The third-order valence-electron chi connectivity index (χ3n) is 5.63. The van der Waals surface area contributed by atoms with Crippen LogP contribution < -0.4 is 4.90 Å². The zero-order chi connectivity index (χ0) is 15.0. The molecule has 4 heteroatoms. The third kappa shape index (κ3) is 2.92. The molecule has 0 aromatic heterocycles. The molecule has 117 valence electrons. The average Bonchev–Trinajstić information content (AvgIpc) is 3.07. The van der Waals surface area contributed by atoms with Crippen molar-refractivity contribution in [3.05, 3.63) is 29.3 Å². The van der Waals surface area contributed by atoms with Crippen molar-refractivity contribution in [3.8, 4) is 0 Å². The van der Waals surface area contributed by atoms with Gasteiger partial charge < -0.3 is 9.38 Å². The number of quaternary nitrogens is 1. The molecule has 0 N–H and O–H groups in total. The number of amides is 1. The summed E-state index contributed by atoms with van der Waals surface area (Å²) in [5, 5.41) is 0. The smallest absolute Gasteiger partial charge is 0.285 e. The Balaban J connectivity index is 0.00000176. The van der Waals surface area contributed by atoms with Crippen LogP contribution in [0.1, 0.15) is 37.3 Å². The minimum absolute atomic E-state index is 0. The van der Waals surface area contributed by atoms with Gasteiger partial charge in [0.05, 0.1) is 19.6 Å². The molecule has 3 nitrogen and oxygen atoms in total. The molecule has 3 rings (SSSR count). The van der Waals surface area contributed by atoms with Crippen LogP contribution in [-0.4, -0.2) is 42.6 Å². The van der Waals surface area contributed by atoms with Crippen molar-refractivity contribution in [2.45, 2.75) is 46.1 Å². The van der Waals surface area contributed by atoms with E-state index >= 15 is 0 Å². The summed E-state index contributed by atoms with van der Waals surface area (Å²) in [4.78, 5) is 15.1. The van der Waals surface area contributed by atoms with Gasteiger partial charge in [0, 0.05) is 64.2 Å². The van der Waals surface area contributed by atoms with Gasteiger partial charge in [-0.05, 0) is 31.9 Å². The number of anilines is 1. The Morgan fingerprint density at radius 3 is 2.32 bits per heavy atom. The van der Waals surface area contributed by atoms with E-state index in [1.165, 1.54) is 37.1 Å². The molecule has 1 aromatic carbocycles. The number of carbonyl (C=O) groups excluding carboxylic acids is 1. The van der Waals surface area contributed by atoms with E-state index in [-0.39, 0.29) is 38.8 Å². The number of para-hydroxylation sites is 1. The summed E-state index contributed by atoms with van der Waals surface area (Å²) in [7, 11) is 0. The van der Waals surface area contributed by atoms with Crippen molar-refractivity contribution in [1.82, 2.24) is 0 Å². The van der Waals surface area contributed by atoms with Gasteiger partial charge in [-0.3, -0.25) is 4.79 Å². The molecule has 1 aromatic rings. The standard InChI is InChI=1S/C18H27N2O.Y/c1-4-20(12-5-6-13-20)16-10-11-19(18(16)21)17-14(2)8-7-9-15(17)3;/h7-9,16H,4-6,10-13H2,1-3H3;/q+1;.